The molecule has 0 radical (unpaired) electrons. The maximum absolute atomic E-state index is 12.6. The first kappa shape index (κ1) is 25.6. The lowest BCUT2D eigenvalue weighted by atomic mass is 10.2. The maximum atomic E-state index is 12.6. The molecule has 0 bridgehead atoms. The van der Waals surface area contributed by atoms with Crippen LogP contribution in [0.2, 0.25) is 0 Å². The number of guanidine groups is 1. The fourth-order valence-corrected chi connectivity index (χ4v) is 3.15. The smallest absolute Gasteiger partial charge is 0.357 e. The fourth-order valence-electron chi connectivity index (χ4n) is 2.43. The van der Waals surface area contributed by atoms with Gasteiger partial charge >= 0.3 is 6.18 Å². The average Bonchev–Trinajstić information content (AvgIpc) is 3.14. The molecule has 0 saturated carbocycles. The van der Waals surface area contributed by atoms with Crippen molar-refractivity contribution in [2.75, 3.05) is 20.1 Å². The zero-order chi connectivity index (χ0) is 20.6. The molecule has 0 saturated heterocycles. The van der Waals surface area contributed by atoms with Crippen LogP contribution in [0.3, 0.4) is 0 Å². The van der Waals surface area contributed by atoms with Gasteiger partial charge in [-0.05, 0) is 26.5 Å². The minimum atomic E-state index is -4.42. The van der Waals surface area contributed by atoms with Gasteiger partial charge in [0.2, 0.25) is 0 Å². The third-order valence-electron chi connectivity index (χ3n) is 4.15. The molecule has 0 aliphatic heterocycles. The van der Waals surface area contributed by atoms with Crippen LogP contribution in [0, 0.1) is 0 Å². The number of halogens is 4. The highest BCUT2D eigenvalue weighted by Gasteiger charge is 2.33. The lowest BCUT2D eigenvalue weighted by Gasteiger charge is -2.25. The number of benzene rings is 1. The lowest BCUT2D eigenvalue weighted by Crippen LogP contribution is -2.44. The van der Waals surface area contributed by atoms with Gasteiger partial charge in [-0.3, -0.25) is 4.90 Å². The molecule has 1 aromatic heterocycles. The molecule has 0 fully saturated rings. The standard InChI is InChI=1S/C19H26F3N5S.HI/c1-4-23-18(25-11-17-26-16(13-28-17)19(20,21)22)24-10-14(2)27(3)12-15-8-6-5-7-9-15;/h5-9,13-14H,4,10-12H2,1-3H3,(H2,23,24,25);1H. The van der Waals surface area contributed by atoms with Crippen molar-refractivity contribution >= 4 is 41.3 Å². The highest BCUT2D eigenvalue weighted by atomic mass is 127. The van der Waals surface area contributed by atoms with Crippen LogP contribution in [0.15, 0.2) is 40.7 Å². The number of rotatable bonds is 8. The first-order chi connectivity index (χ1) is 13.3. The number of hydrogen-bond donors (Lipinski definition) is 2. The SMILES string of the molecule is CCNC(=NCc1nc(C(F)(F)F)cs1)NCC(C)N(C)Cc1ccccc1.I. The molecule has 162 valence electrons. The lowest BCUT2D eigenvalue weighted by molar-refractivity contribution is -0.140. The molecular formula is C19H27F3IN5S. The largest absolute Gasteiger partial charge is 0.434 e. The van der Waals surface area contributed by atoms with E-state index in [0.717, 1.165) is 23.3 Å². The first-order valence-electron chi connectivity index (χ1n) is 9.07. The Kier molecular flexibility index (Phi) is 10.9. The van der Waals surface area contributed by atoms with E-state index in [-0.39, 0.29) is 36.6 Å². The van der Waals surface area contributed by atoms with Crippen molar-refractivity contribution in [1.82, 2.24) is 20.5 Å². The maximum Gasteiger partial charge on any atom is 0.434 e. The molecule has 1 heterocycles. The van der Waals surface area contributed by atoms with Crippen molar-refractivity contribution < 1.29 is 13.2 Å². The Morgan fingerprint density at radius 2 is 1.93 bits per heavy atom. The first-order valence-corrected chi connectivity index (χ1v) is 9.95. The highest BCUT2D eigenvalue weighted by Crippen LogP contribution is 2.30. The van der Waals surface area contributed by atoms with E-state index >= 15 is 0 Å². The van der Waals surface area contributed by atoms with E-state index in [9.17, 15) is 13.2 Å². The molecule has 1 aromatic carbocycles. The van der Waals surface area contributed by atoms with E-state index in [4.69, 9.17) is 0 Å². The van der Waals surface area contributed by atoms with Crippen molar-refractivity contribution in [1.29, 1.82) is 0 Å². The second-order valence-corrected chi connectivity index (χ2v) is 7.39. The summed E-state index contributed by atoms with van der Waals surface area (Å²) in [5.41, 5.74) is 0.374. The molecule has 2 rings (SSSR count). The minimum absolute atomic E-state index is 0. The molecule has 0 spiro atoms. The highest BCUT2D eigenvalue weighted by molar-refractivity contribution is 14.0. The summed E-state index contributed by atoms with van der Waals surface area (Å²) in [6.45, 7) is 6.29. The van der Waals surface area contributed by atoms with Crippen LogP contribution in [0.4, 0.5) is 13.2 Å². The quantitative estimate of drug-likeness (QED) is 0.297. The zero-order valence-electron chi connectivity index (χ0n) is 16.7. The molecule has 0 amide bonds. The zero-order valence-corrected chi connectivity index (χ0v) is 19.8. The molecule has 10 heteroatoms. The van der Waals surface area contributed by atoms with E-state index in [0.29, 0.717) is 24.1 Å². The number of aliphatic imine (C=N–C) groups is 1. The summed E-state index contributed by atoms with van der Waals surface area (Å²) in [4.78, 5) is 10.2. The second kappa shape index (κ2) is 12.3. The number of alkyl halides is 3. The van der Waals surface area contributed by atoms with Crippen molar-refractivity contribution in [2.24, 2.45) is 4.99 Å². The number of nitrogens with one attached hydrogen (secondary N) is 2. The number of likely N-dealkylation sites (N-methyl/N-ethyl adjacent to an activating group) is 1. The monoisotopic (exact) mass is 541 g/mol. The Morgan fingerprint density at radius 1 is 1.24 bits per heavy atom. The second-order valence-electron chi connectivity index (χ2n) is 6.45. The van der Waals surface area contributed by atoms with Crippen molar-refractivity contribution in [2.45, 2.75) is 39.2 Å². The summed E-state index contributed by atoms with van der Waals surface area (Å²) < 4.78 is 37.9. The average molecular weight is 541 g/mol. The van der Waals surface area contributed by atoms with E-state index in [1.165, 1.54) is 5.56 Å². The van der Waals surface area contributed by atoms with Crippen molar-refractivity contribution in [3.63, 3.8) is 0 Å². The van der Waals surface area contributed by atoms with Gasteiger partial charge in [-0.1, -0.05) is 30.3 Å². The van der Waals surface area contributed by atoms with Crippen LogP contribution in [-0.4, -0.2) is 42.0 Å². The summed E-state index contributed by atoms with van der Waals surface area (Å²) in [7, 11) is 2.05. The Bertz CT molecular complexity index is 752. The molecule has 0 aliphatic rings. The fraction of sp³-hybridized carbons (Fsp3) is 0.474. The summed E-state index contributed by atoms with van der Waals surface area (Å²) in [5.74, 6) is 0.561. The van der Waals surface area contributed by atoms with Crippen LogP contribution in [0.5, 0.6) is 0 Å². The van der Waals surface area contributed by atoms with Crippen LogP contribution in [0.25, 0.3) is 0 Å². The molecule has 0 aliphatic carbocycles. The molecule has 1 atom stereocenters. The summed E-state index contributed by atoms with van der Waals surface area (Å²) in [6.07, 6.45) is -4.42. The van der Waals surface area contributed by atoms with Crippen molar-refractivity contribution in [3.05, 3.63) is 52.0 Å². The van der Waals surface area contributed by atoms with Gasteiger partial charge in [0.25, 0.3) is 0 Å². The van der Waals surface area contributed by atoms with Crippen LogP contribution >= 0.6 is 35.3 Å². The number of thiazole rings is 1. The Labute approximate surface area is 190 Å². The third-order valence-corrected chi connectivity index (χ3v) is 4.98. The molecule has 2 N–H and O–H groups in total. The van der Waals surface area contributed by atoms with Gasteiger partial charge in [-0.15, -0.1) is 35.3 Å². The predicted molar refractivity (Wildman–Crippen MR) is 123 cm³/mol. The normalized spacial score (nSPS) is 13.1. The number of aromatic nitrogens is 1. The van der Waals surface area contributed by atoms with Gasteiger partial charge in [0.05, 0.1) is 6.54 Å². The predicted octanol–water partition coefficient (Wildman–Crippen LogP) is 4.36. The number of nitrogens with zero attached hydrogens (tertiary/aromatic N) is 3. The Morgan fingerprint density at radius 3 is 2.52 bits per heavy atom. The summed E-state index contributed by atoms with van der Waals surface area (Å²) in [6, 6.07) is 10.4. The summed E-state index contributed by atoms with van der Waals surface area (Å²) >= 11 is 0.965. The van der Waals surface area contributed by atoms with Crippen molar-refractivity contribution in [3.8, 4) is 0 Å². The number of hydrogen-bond acceptors (Lipinski definition) is 4. The molecule has 2 aromatic rings. The van der Waals surface area contributed by atoms with E-state index in [1.54, 1.807) is 0 Å². The van der Waals surface area contributed by atoms with E-state index < -0.39 is 11.9 Å². The van der Waals surface area contributed by atoms with Gasteiger partial charge in [0.15, 0.2) is 11.7 Å². The van der Waals surface area contributed by atoms with Gasteiger partial charge in [-0.25, -0.2) is 9.98 Å². The van der Waals surface area contributed by atoms with E-state index in [2.05, 4.69) is 51.6 Å². The van der Waals surface area contributed by atoms with Gasteiger partial charge in [0.1, 0.15) is 5.01 Å². The Hall–Kier alpha value is -1.40. The van der Waals surface area contributed by atoms with Crippen LogP contribution in [0.1, 0.15) is 30.1 Å². The van der Waals surface area contributed by atoms with Crippen LogP contribution in [-0.2, 0) is 19.3 Å². The minimum Gasteiger partial charge on any atom is -0.357 e. The summed E-state index contributed by atoms with van der Waals surface area (Å²) in [5, 5.41) is 7.71. The molecule has 5 nitrogen and oxygen atoms in total. The Balaban J connectivity index is 0.00000420. The third kappa shape index (κ3) is 8.87. The van der Waals surface area contributed by atoms with E-state index in [1.807, 2.05) is 25.1 Å². The molecular weight excluding hydrogens is 514 g/mol. The van der Waals surface area contributed by atoms with Gasteiger partial charge in [-0.2, -0.15) is 13.2 Å². The van der Waals surface area contributed by atoms with Gasteiger partial charge in [0, 0.05) is 31.1 Å². The molecule has 1 unspecified atom stereocenters. The molecule has 29 heavy (non-hydrogen) atoms. The van der Waals surface area contributed by atoms with Crippen LogP contribution < -0.4 is 10.6 Å². The topological polar surface area (TPSA) is 52.6 Å². The van der Waals surface area contributed by atoms with Gasteiger partial charge < -0.3 is 10.6 Å².